The van der Waals surface area contributed by atoms with Crippen molar-refractivity contribution in [3.05, 3.63) is 53.3 Å². The summed E-state index contributed by atoms with van der Waals surface area (Å²) in [7, 11) is 0. The Morgan fingerprint density at radius 3 is 2.54 bits per heavy atom. The molecule has 2 aromatic heterocycles. The lowest BCUT2D eigenvalue weighted by Gasteiger charge is -2.45. The Morgan fingerprint density at radius 2 is 1.79 bits per heavy atom. The summed E-state index contributed by atoms with van der Waals surface area (Å²) in [4.78, 5) is 16.5. The molecule has 10 rings (SSSR count). The van der Waals surface area contributed by atoms with E-state index in [0.717, 1.165) is 32.2 Å². The SMILES string of the molecule is C#Cc1c(F)ccc2cc(O)cc(-c3c(F)c4nc(OC5CC[C@@H](F)CN6CCC[C@H]56)nc(N5CC6CCC(C5)N6CC5CC(F)(F)C5)c4c4cc(C)oc34)c12. The van der Waals surface area contributed by atoms with Crippen LogP contribution in [0.2, 0.25) is 0 Å². The minimum atomic E-state index is -2.59. The van der Waals surface area contributed by atoms with E-state index >= 15 is 8.78 Å². The molecule has 5 aromatic rings. The topological polar surface area (TPSA) is 78.1 Å². The number of rotatable bonds is 6. The number of phenols is 1. The molecule has 292 valence electrons. The summed E-state index contributed by atoms with van der Waals surface area (Å²) < 4.78 is 88.5. The average Bonchev–Trinajstić information content (AvgIpc) is 3.80. The highest BCUT2D eigenvalue weighted by Crippen LogP contribution is 2.48. The molecule has 0 spiro atoms. The molecule has 2 bridgehead atoms. The van der Waals surface area contributed by atoms with E-state index in [4.69, 9.17) is 25.5 Å². The van der Waals surface area contributed by atoms with Crippen molar-refractivity contribution in [2.75, 3.05) is 37.6 Å². The molecular formula is C43H42F5N5O3. The first-order valence-corrected chi connectivity index (χ1v) is 19.7. The summed E-state index contributed by atoms with van der Waals surface area (Å²) >= 11 is 0. The lowest BCUT2D eigenvalue weighted by Crippen LogP contribution is -2.56. The molecule has 56 heavy (non-hydrogen) atoms. The summed E-state index contributed by atoms with van der Waals surface area (Å²) in [6, 6.07) is 7.41. The molecule has 3 aromatic carbocycles. The third kappa shape index (κ3) is 5.85. The predicted octanol–water partition coefficient (Wildman–Crippen LogP) is 8.51. The molecular weight excluding hydrogens is 729 g/mol. The third-order valence-corrected chi connectivity index (χ3v) is 13.0. The van der Waals surface area contributed by atoms with Gasteiger partial charge in [-0.2, -0.15) is 9.97 Å². The first-order valence-electron chi connectivity index (χ1n) is 19.7. The quantitative estimate of drug-likeness (QED) is 0.136. The highest BCUT2D eigenvalue weighted by atomic mass is 19.3. The summed E-state index contributed by atoms with van der Waals surface area (Å²) in [5.41, 5.74) is 0.132. The Labute approximate surface area is 320 Å². The van der Waals surface area contributed by atoms with Gasteiger partial charge in [-0.05, 0) is 87.6 Å². The Balaban J connectivity index is 1.15. The lowest BCUT2D eigenvalue weighted by atomic mass is 9.80. The first kappa shape index (κ1) is 35.7. The third-order valence-electron chi connectivity index (χ3n) is 13.0. The molecule has 8 nitrogen and oxygen atoms in total. The van der Waals surface area contributed by atoms with Crippen LogP contribution in [0.25, 0.3) is 43.8 Å². The standard InChI is InChI=1S/C43H42F5N5O3/c1-3-29-32(45)10-6-24-14-28(54)15-30(35(24)29)36-38(46)39-37(31-13-22(2)55-40(31)36)41(50-42(49-39)56-34-11-7-25(44)19-51-12-4-5-33(34)51)52-20-26-8-9-27(21-52)53(26)18-23-16-43(47,48)17-23/h1,6,10,13-15,23,25-27,33-34,54H,4-5,7-9,11-12,16-21H2,2H3/t25-,26?,27?,33-,34?/m1/s1. The van der Waals surface area contributed by atoms with Crippen molar-refractivity contribution in [1.29, 1.82) is 0 Å². The number of phenolic OH excluding ortho intramolecular Hbond substituents is 1. The summed E-state index contributed by atoms with van der Waals surface area (Å²) in [5.74, 6) is -0.894. The highest BCUT2D eigenvalue weighted by Gasteiger charge is 2.49. The smallest absolute Gasteiger partial charge is 0.319 e. The summed E-state index contributed by atoms with van der Waals surface area (Å²) in [5, 5.41) is 12.5. The van der Waals surface area contributed by atoms with Gasteiger partial charge in [0, 0.05) is 73.5 Å². The number of ether oxygens (including phenoxy) is 1. The summed E-state index contributed by atoms with van der Waals surface area (Å²) in [6.07, 6.45) is 8.57. The molecule has 1 N–H and O–H groups in total. The van der Waals surface area contributed by atoms with E-state index in [9.17, 15) is 18.3 Å². The number of aromatic nitrogens is 2. The monoisotopic (exact) mass is 771 g/mol. The molecule has 3 unspecified atom stereocenters. The van der Waals surface area contributed by atoms with Gasteiger partial charge in [0.1, 0.15) is 46.5 Å². The van der Waals surface area contributed by atoms with E-state index in [1.54, 1.807) is 13.0 Å². The van der Waals surface area contributed by atoms with Crippen molar-refractivity contribution in [3.8, 4) is 35.2 Å². The molecule has 6 heterocycles. The maximum absolute atomic E-state index is 17.8. The van der Waals surface area contributed by atoms with Gasteiger partial charge < -0.3 is 19.2 Å². The van der Waals surface area contributed by atoms with Gasteiger partial charge in [0.2, 0.25) is 5.92 Å². The van der Waals surface area contributed by atoms with Crippen LogP contribution in [0.1, 0.15) is 62.7 Å². The molecule has 5 fully saturated rings. The number of halogens is 5. The van der Waals surface area contributed by atoms with Crippen LogP contribution in [0, 0.1) is 36.8 Å². The lowest BCUT2D eigenvalue weighted by molar-refractivity contribution is -0.119. The maximum Gasteiger partial charge on any atom is 0.319 e. The molecule has 0 radical (unpaired) electrons. The largest absolute Gasteiger partial charge is 0.508 e. The van der Waals surface area contributed by atoms with Gasteiger partial charge in [-0.15, -0.1) is 6.42 Å². The fraction of sp³-hybridized carbons (Fsp3) is 0.488. The number of fused-ring (bicyclic) bond motifs is 7. The van der Waals surface area contributed by atoms with Crippen molar-refractivity contribution in [2.45, 2.75) is 94.6 Å². The fourth-order valence-corrected chi connectivity index (χ4v) is 10.6. The highest BCUT2D eigenvalue weighted by molar-refractivity contribution is 6.18. The second-order valence-corrected chi connectivity index (χ2v) is 16.7. The van der Waals surface area contributed by atoms with Crippen molar-refractivity contribution in [3.63, 3.8) is 0 Å². The zero-order chi connectivity index (χ0) is 38.6. The molecule has 4 aliphatic heterocycles. The number of hydrogen-bond acceptors (Lipinski definition) is 8. The molecule has 13 heteroatoms. The normalized spacial score (nSPS) is 26.8. The fourth-order valence-electron chi connectivity index (χ4n) is 10.6. The number of benzene rings is 3. The second-order valence-electron chi connectivity index (χ2n) is 16.7. The van der Waals surface area contributed by atoms with Gasteiger partial charge in [0.25, 0.3) is 0 Å². The molecule has 1 saturated carbocycles. The van der Waals surface area contributed by atoms with Gasteiger partial charge in [-0.3, -0.25) is 9.80 Å². The van der Waals surface area contributed by atoms with E-state index in [-0.39, 0.29) is 81.8 Å². The molecule has 0 amide bonds. The zero-order valence-corrected chi connectivity index (χ0v) is 31.0. The minimum absolute atomic E-state index is 0.0336. The number of nitrogens with zero attached hydrogens (tertiary/aromatic N) is 5. The van der Waals surface area contributed by atoms with Crippen LogP contribution in [-0.4, -0.2) is 93.9 Å². The van der Waals surface area contributed by atoms with Crippen LogP contribution in [0.3, 0.4) is 0 Å². The van der Waals surface area contributed by atoms with Gasteiger partial charge >= 0.3 is 6.01 Å². The Morgan fingerprint density at radius 1 is 1.00 bits per heavy atom. The zero-order valence-electron chi connectivity index (χ0n) is 31.0. The number of hydrogen-bond donors (Lipinski definition) is 1. The van der Waals surface area contributed by atoms with Gasteiger partial charge in [-0.1, -0.05) is 12.0 Å². The van der Waals surface area contributed by atoms with E-state index < -0.39 is 29.8 Å². The van der Waals surface area contributed by atoms with E-state index in [0.29, 0.717) is 66.8 Å². The number of aryl methyl sites for hydroxylation is 1. The Hall–Kier alpha value is -4.67. The predicted molar refractivity (Wildman–Crippen MR) is 203 cm³/mol. The number of aromatic hydroxyl groups is 1. The van der Waals surface area contributed by atoms with Crippen LogP contribution in [0.5, 0.6) is 11.8 Å². The number of furan rings is 1. The Kier molecular flexibility index (Phi) is 8.42. The van der Waals surface area contributed by atoms with E-state index in [2.05, 4.69) is 20.6 Å². The van der Waals surface area contributed by atoms with Crippen LogP contribution < -0.4 is 9.64 Å². The van der Waals surface area contributed by atoms with Crippen molar-refractivity contribution >= 4 is 38.5 Å². The number of piperazine rings is 1. The molecule has 4 saturated heterocycles. The van der Waals surface area contributed by atoms with Gasteiger partial charge in [-0.25, -0.2) is 22.0 Å². The van der Waals surface area contributed by atoms with E-state index in [1.165, 1.54) is 24.3 Å². The number of alkyl halides is 3. The first-order chi connectivity index (χ1) is 26.9. The van der Waals surface area contributed by atoms with E-state index in [1.807, 2.05) is 0 Å². The maximum atomic E-state index is 17.8. The van der Waals surface area contributed by atoms with Crippen LogP contribution in [0.15, 0.2) is 34.7 Å². The average molecular weight is 772 g/mol. The molecule has 1 aliphatic carbocycles. The van der Waals surface area contributed by atoms with Crippen LogP contribution in [0.4, 0.5) is 27.8 Å². The van der Waals surface area contributed by atoms with Crippen molar-refractivity contribution < 1.29 is 36.2 Å². The number of anilines is 1. The second kappa shape index (κ2) is 13.2. The molecule has 5 atom stereocenters. The minimum Gasteiger partial charge on any atom is -0.508 e. The van der Waals surface area contributed by atoms with Gasteiger partial charge in [0.15, 0.2) is 5.82 Å². The van der Waals surface area contributed by atoms with Crippen LogP contribution in [-0.2, 0) is 0 Å². The molecule has 5 aliphatic rings. The summed E-state index contributed by atoms with van der Waals surface area (Å²) in [6.45, 7) is 4.56. The van der Waals surface area contributed by atoms with Crippen molar-refractivity contribution in [2.24, 2.45) is 5.92 Å². The van der Waals surface area contributed by atoms with Gasteiger partial charge in [0.05, 0.1) is 16.5 Å². The Bertz CT molecular complexity index is 2430. The van der Waals surface area contributed by atoms with Crippen LogP contribution >= 0.6 is 0 Å². The number of terminal acetylenes is 1. The van der Waals surface area contributed by atoms with Crippen molar-refractivity contribution in [1.82, 2.24) is 19.8 Å².